The minimum absolute atomic E-state index is 0.0845. The number of nitrogens with one attached hydrogen (secondary N) is 1. The summed E-state index contributed by atoms with van der Waals surface area (Å²) in [4.78, 5) is 10.4. The normalized spacial score (nSPS) is 19.7. The molecule has 5 heteroatoms. The average molecular weight is 269 g/mol. The molecule has 1 aromatic carbocycles. The van der Waals surface area contributed by atoms with Crippen molar-refractivity contribution in [1.82, 2.24) is 5.32 Å². The number of carbonyl (C=O) groups excluding carboxylic acids is 1. The van der Waals surface area contributed by atoms with Crippen LogP contribution >= 0.6 is 0 Å². The minimum Gasteiger partial charge on any atom is -0.356 e. The van der Waals surface area contributed by atoms with Crippen LogP contribution in [0.25, 0.3) is 5.57 Å². The largest absolute Gasteiger partial charge is 0.416 e. The Labute approximate surface area is 109 Å². The fourth-order valence-corrected chi connectivity index (χ4v) is 2.38. The molecule has 1 N–H and O–H groups in total. The Morgan fingerprint density at radius 2 is 2.00 bits per heavy atom. The molecule has 0 bridgehead atoms. The van der Waals surface area contributed by atoms with E-state index in [9.17, 15) is 18.0 Å². The van der Waals surface area contributed by atoms with Crippen molar-refractivity contribution < 1.29 is 18.0 Å². The van der Waals surface area contributed by atoms with Crippen LogP contribution in [0, 0.1) is 0 Å². The van der Waals surface area contributed by atoms with Gasteiger partial charge in [-0.1, -0.05) is 24.3 Å². The van der Waals surface area contributed by atoms with Crippen molar-refractivity contribution in [3.05, 3.63) is 41.5 Å². The number of alkyl halides is 3. The van der Waals surface area contributed by atoms with Gasteiger partial charge in [-0.25, -0.2) is 0 Å². The maximum atomic E-state index is 12.9. The smallest absolute Gasteiger partial charge is 0.356 e. The maximum absolute atomic E-state index is 12.9. The van der Waals surface area contributed by atoms with E-state index in [0.717, 1.165) is 12.5 Å². The molecule has 1 aliphatic carbocycles. The summed E-state index contributed by atoms with van der Waals surface area (Å²) in [5.74, 6) is 0. The monoisotopic (exact) mass is 269 g/mol. The summed E-state index contributed by atoms with van der Waals surface area (Å²) in [6.07, 6.45) is -0.0609. The van der Waals surface area contributed by atoms with Crippen molar-refractivity contribution in [2.24, 2.45) is 0 Å². The van der Waals surface area contributed by atoms with Gasteiger partial charge >= 0.3 is 6.18 Å². The summed E-state index contributed by atoms with van der Waals surface area (Å²) >= 11 is 0. The number of amides is 1. The molecule has 2 rings (SSSR count). The van der Waals surface area contributed by atoms with Crippen LogP contribution in [0.5, 0.6) is 0 Å². The van der Waals surface area contributed by atoms with Gasteiger partial charge in [0.15, 0.2) is 0 Å². The first kappa shape index (κ1) is 13.6. The molecular weight excluding hydrogens is 255 g/mol. The van der Waals surface area contributed by atoms with Gasteiger partial charge in [0.25, 0.3) is 0 Å². The Morgan fingerprint density at radius 1 is 1.26 bits per heavy atom. The third kappa shape index (κ3) is 3.16. The third-order valence-corrected chi connectivity index (χ3v) is 3.25. The lowest BCUT2D eigenvalue weighted by Crippen LogP contribution is -2.29. The van der Waals surface area contributed by atoms with E-state index in [4.69, 9.17) is 0 Å². The second-order valence-electron chi connectivity index (χ2n) is 4.54. The Bertz CT molecular complexity index is 494. The topological polar surface area (TPSA) is 29.1 Å². The van der Waals surface area contributed by atoms with E-state index in [-0.39, 0.29) is 11.6 Å². The molecule has 1 atom stereocenters. The summed E-state index contributed by atoms with van der Waals surface area (Å²) < 4.78 is 38.8. The van der Waals surface area contributed by atoms with Crippen LogP contribution in [-0.4, -0.2) is 12.5 Å². The van der Waals surface area contributed by atoms with Crippen LogP contribution in [-0.2, 0) is 11.0 Å². The van der Waals surface area contributed by atoms with E-state index < -0.39 is 11.7 Å². The van der Waals surface area contributed by atoms with Crippen molar-refractivity contribution in [3.63, 3.8) is 0 Å². The summed E-state index contributed by atoms with van der Waals surface area (Å²) in [7, 11) is 0. The average Bonchev–Trinajstić information content (AvgIpc) is 2.38. The van der Waals surface area contributed by atoms with E-state index in [1.165, 1.54) is 12.1 Å². The van der Waals surface area contributed by atoms with Crippen molar-refractivity contribution in [3.8, 4) is 0 Å². The molecule has 0 heterocycles. The molecule has 0 saturated carbocycles. The zero-order valence-corrected chi connectivity index (χ0v) is 10.2. The predicted octanol–water partition coefficient (Wildman–Crippen LogP) is 3.39. The zero-order valence-electron chi connectivity index (χ0n) is 10.2. The molecule has 19 heavy (non-hydrogen) atoms. The van der Waals surface area contributed by atoms with Gasteiger partial charge in [0, 0.05) is 6.04 Å². The van der Waals surface area contributed by atoms with E-state index in [0.29, 0.717) is 24.8 Å². The number of carbonyl (C=O) groups is 1. The summed E-state index contributed by atoms with van der Waals surface area (Å²) in [6.45, 7) is 0. The second kappa shape index (κ2) is 5.47. The highest BCUT2D eigenvalue weighted by Crippen LogP contribution is 2.37. The molecule has 1 aromatic rings. The standard InChI is InChI=1S/C14H14F3NO/c15-14(16,17)13-7-2-1-6-12(13)10-4-3-5-11(8-10)18-9-19/h1-2,4,6-7,9,11H,3,5,8H2,(H,18,19). The first-order chi connectivity index (χ1) is 9.02. The molecule has 1 amide bonds. The molecule has 0 aromatic heterocycles. The van der Waals surface area contributed by atoms with Crippen molar-refractivity contribution in [2.45, 2.75) is 31.5 Å². The number of rotatable bonds is 3. The van der Waals surface area contributed by atoms with E-state index in [2.05, 4.69) is 5.32 Å². The highest BCUT2D eigenvalue weighted by molar-refractivity contribution is 5.70. The highest BCUT2D eigenvalue weighted by Gasteiger charge is 2.34. The molecule has 2 nitrogen and oxygen atoms in total. The summed E-state index contributed by atoms with van der Waals surface area (Å²) in [5, 5.41) is 2.64. The van der Waals surface area contributed by atoms with Crippen molar-refractivity contribution >= 4 is 12.0 Å². The van der Waals surface area contributed by atoms with Gasteiger partial charge in [0.05, 0.1) is 5.56 Å². The second-order valence-corrected chi connectivity index (χ2v) is 4.54. The molecule has 1 unspecified atom stereocenters. The quantitative estimate of drug-likeness (QED) is 0.837. The van der Waals surface area contributed by atoms with E-state index in [1.807, 2.05) is 6.08 Å². The molecule has 0 spiro atoms. The van der Waals surface area contributed by atoms with Crippen LogP contribution in [0.1, 0.15) is 30.4 Å². The van der Waals surface area contributed by atoms with Crippen LogP contribution in [0.15, 0.2) is 30.3 Å². The van der Waals surface area contributed by atoms with E-state index in [1.54, 1.807) is 6.07 Å². The number of hydrogen-bond acceptors (Lipinski definition) is 1. The highest BCUT2D eigenvalue weighted by atomic mass is 19.4. The molecule has 0 fully saturated rings. The van der Waals surface area contributed by atoms with Gasteiger partial charge < -0.3 is 5.32 Å². The van der Waals surface area contributed by atoms with Gasteiger partial charge in [-0.3, -0.25) is 4.79 Å². The fourth-order valence-electron chi connectivity index (χ4n) is 2.38. The van der Waals surface area contributed by atoms with Crippen LogP contribution < -0.4 is 5.32 Å². The van der Waals surface area contributed by atoms with Crippen LogP contribution in [0.4, 0.5) is 13.2 Å². The minimum atomic E-state index is -4.36. The Balaban J connectivity index is 2.32. The first-order valence-electron chi connectivity index (χ1n) is 6.07. The number of allylic oxidation sites excluding steroid dienone is 1. The predicted molar refractivity (Wildman–Crippen MR) is 66.3 cm³/mol. The van der Waals surface area contributed by atoms with Crippen molar-refractivity contribution in [1.29, 1.82) is 0 Å². The number of benzene rings is 1. The Kier molecular flexibility index (Phi) is 3.93. The fraction of sp³-hybridized carbons (Fsp3) is 0.357. The molecule has 0 aliphatic heterocycles. The summed E-state index contributed by atoms with van der Waals surface area (Å²) in [6, 6.07) is 5.47. The van der Waals surface area contributed by atoms with Gasteiger partial charge in [0.1, 0.15) is 0 Å². The zero-order chi connectivity index (χ0) is 13.9. The SMILES string of the molecule is O=CNC1CCC=C(c2ccccc2C(F)(F)F)C1. The van der Waals surface area contributed by atoms with Crippen LogP contribution in [0.3, 0.4) is 0 Å². The van der Waals surface area contributed by atoms with Gasteiger partial charge in [-0.05, 0) is 36.5 Å². The lowest BCUT2D eigenvalue weighted by Gasteiger charge is -2.24. The van der Waals surface area contributed by atoms with Crippen LogP contribution in [0.2, 0.25) is 0 Å². The lowest BCUT2D eigenvalue weighted by atomic mass is 9.88. The Hall–Kier alpha value is -1.78. The molecule has 0 saturated heterocycles. The number of halogens is 3. The van der Waals surface area contributed by atoms with Gasteiger partial charge in [-0.2, -0.15) is 13.2 Å². The lowest BCUT2D eigenvalue weighted by molar-refractivity contribution is -0.137. The van der Waals surface area contributed by atoms with Crippen molar-refractivity contribution in [2.75, 3.05) is 0 Å². The van der Waals surface area contributed by atoms with E-state index >= 15 is 0 Å². The number of hydrogen-bond donors (Lipinski definition) is 1. The van der Waals surface area contributed by atoms with Gasteiger partial charge in [0.2, 0.25) is 6.41 Å². The van der Waals surface area contributed by atoms with Gasteiger partial charge in [-0.15, -0.1) is 0 Å². The third-order valence-electron chi connectivity index (χ3n) is 3.25. The maximum Gasteiger partial charge on any atom is 0.416 e. The Morgan fingerprint density at radius 3 is 2.68 bits per heavy atom. The molecule has 0 radical (unpaired) electrons. The molecule has 1 aliphatic rings. The molecule has 102 valence electrons. The first-order valence-corrected chi connectivity index (χ1v) is 6.07. The molecular formula is C14H14F3NO. The summed E-state index contributed by atoms with van der Waals surface area (Å²) in [5.41, 5.74) is 0.249.